The van der Waals surface area contributed by atoms with Crippen molar-refractivity contribution in [3.05, 3.63) is 32.6 Å². The molecule has 1 aromatic heterocycles. The van der Waals surface area contributed by atoms with E-state index in [0.29, 0.717) is 6.07 Å². The average molecular weight is 234 g/mol. The quantitative estimate of drug-likeness (QED) is 0.446. The van der Waals surface area contributed by atoms with Crippen molar-refractivity contribution in [2.24, 2.45) is 0 Å². The molecule has 8 heteroatoms. The fourth-order valence-corrected chi connectivity index (χ4v) is 1.20. The molecule has 0 N–H and O–H groups in total. The summed E-state index contributed by atoms with van der Waals surface area (Å²) in [5.74, 6) is 0. The summed E-state index contributed by atoms with van der Waals surface area (Å²) in [5, 5.41) is 18.1. The van der Waals surface area contributed by atoms with Crippen LogP contribution in [0.15, 0.2) is 6.07 Å². The molecule has 5 nitrogen and oxygen atoms in total. The van der Waals surface area contributed by atoms with E-state index in [1.807, 2.05) is 0 Å². The van der Waals surface area contributed by atoms with Gasteiger partial charge in [-0.1, -0.05) is 11.6 Å². The molecule has 0 saturated heterocycles. The normalized spacial score (nSPS) is 10.1. The van der Waals surface area contributed by atoms with Gasteiger partial charge >= 0.3 is 5.69 Å². The third kappa shape index (κ3) is 2.16. The number of hydrogen-bond acceptors (Lipinski definition) is 4. The standard InChI is InChI=1S/C7H2ClF2N3O2/c8-6-5(13(14)15)4(7(9)10)1-3(2-11)12-6/h1,7H. The summed E-state index contributed by atoms with van der Waals surface area (Å²) in [6.07, 6.45) is -3.09. The predicted molar refractivity (Wildman–Crippen MR) is 45.6 cm³/mol. The minimum Gasteiger partial charge on any atom is -0.258 e. The summed E-state index contributed by atoms with van der Waals surface area (Å²) >= 11 is 5.32. The number of nitriles is 1. The summed E-state index contributed by atoms with van der Waals surface area (Å²) in [4.78, 5) is 12.6. The Balaban J connectivity index is 3.51. The Labute approximate surface area is 87.1 Å². The highest BCUT2D eigenvalue weighted by Gasteiger charge is 2.27. The highest BCUT2D eigenvalue weighted by molar-refractivity contribution is 6.31. The molecular weight excluding hydrogens is 232 g/mol. The lowest BCUT2D eigenvalue weighted by Gasteiger charge is -2.02. The Bertz CT molecular complexity index is 458. The van der Waals surface area contributed by atoms with Crippen molar-refractivity contribution in [3.63, 3.8) is 0 Å². The molecule has 0 aliphatic heterocycles. The second kappa shape index (κ2) is 4.14. The first-order chi connectivity index (χ1) is 6.97. The van der Waals surface area contributed by atoms with E-state index < -0.39 is 27.8 Å². The number of hydrogen-bond donors (Lipinski definition) is 0. The van der Waals surface area contributed by atoms with Crippen molar-refractivity contribution in [3.8, 4) is 6.07 Å². The van der Waals surface area contributed by atoms with E-state index in [4.69, 9.17) is 16.9 Å². The van der Waals surface area contributed by atoms with Crippen molar-refractivity contribution in [1.82, 2.24) is 4.98 Å². The first-order valence-corrected chi connectivity index (χ1v) is 3.88. The van der Waals surface area contributed by atoms with Crippen LogP contribution in [0.4, 0.5) is 14.5 Å². The van der Waals surface area contributed by atoms with E-state index in [2.05, 4.69) is 4.98 Å². The lowest BCUT2D eigenvalue weighted by Crippen LogP contribution is -2.00. The van der Waals surface area contributed by atoms with E-state index in [1.54, 1.807) is 0 Å². The van der Waals surface area contributed by atoms with Gasteiger partial charge in [-0.2, -0.15) is 5.26 Å². The average Bonchev–Trinajstić information content (AvgIpc) is 2.15. The first-order valence-electron chi connectivity index (χ1n) is 3.50. The molecule has 0 fully saturated rings. The molecule has 0 bridgehead atoms. The number of nitro groups is 1. The summed E-state index contributed by atoms with van der Waals surface area (Å²) in [6.45, 7) is 0. The van der Waals surface area contributed by atoms with Crippen LogP contribution in [0.1, 0.15) is 17.7 Å². The zero-order chi connectivity index (χ0) is 11.6. The highest BCUT2D eigenvalue weighted by atomic mass is 35.5. The maximum Gasteiger partial charge on any atom is 0.315 e. The molecule has 15 heavy (non-hydrogen) atoms. The largest absolute Gasteiger partial charge is 0.315 e. The van der Waals surface area contributed by atoms with Gasteiger partial charge in [0, 0.05) is 0 Å². The van der Waals surface area contributed by atoms with Gasteiger partial charge in [0.1, 0.15) is 17.3 Å². The molecule has 0 unspecified atom stereocenters. The number of pyridine rings is 1. The summed E-state index contributed by atoms with van der Waals surface area (Å²) in [6, 6.07) is 2.13. The Kier molecular flexibility index (Phi) is 3.11. The fourth-order valence-electron chi connectivity index (χ4n) is 0.930. The van der Waals surface area contributed by atoms with Crippen molar-refractivity contribution in [2.45, 2.75) is 6.43 Å². The topological polar surface area (TPSA) is 79.8 Å². The zero-order valence-electron chi connectivity index (χ0n) is 6.95. The number of rotatable bonds is 2. The van der Waals surface area contributed by atoms with Crippen LogP contribution in [-0.2, 0) is 0 Å². The van der Waals surface area contributed by atoms with Gasteiger partial charge in [-0.15, -0.1) is 0 Å². The van der Waals surface area contributed by atoms with Crippen LogP contribution in [0.5, 0.6) is 0 Å². The minimum absolute atomic E-state index is 0.388. The van der Waals surface area contributed by atoms with Gasteiger partial charge in [0.15, 0.2) is 0 Å². The third-order valence-corrected chi connectivity index (χ3v) is 1.78. The van der Waals surface area contributed by atoms with Crippen LogP contribution in [-0.4, -0.2) is 9.91 Å². The first kappa shape index (κ1) is 11.3. The Morgan fingerprint density at radius 3 is 2.67 bits per heavy atom. The lowest BCUT2D eigenvalue weighted by atomic mass is 10.2. The minimum atomic E-state index is -3.09. The molecule has 78 valence electrons. The van der Waals surface area contributed by atoms with Crippen LogP contribution in [0, 0.1) is 21.4 Å². The summed E-state index contributed by atoms with van der Waals surface area (Å²) in [7, 11) is 0. The number of aromatic nitrogens is 1. The fraction of sp³-hybridized carbons (Fsp3) is 0.143. The van der Waals surface area contributed by atoms with Crippen molar-refractivity contribution >= 4 is 17.3 Å². The van der Waals surface area contributed by atoms with Crippen molar-refractivity contribution < 1.29 is 13.7 Å². The Morgan fingerprint density at radius 1 is 1.67 bits per heavy atom. The molecular formula is C7H2ClF2N3O2. The number of alkyl halides is 2. The van der Waals surface area contributed by atoms with E-state index in [-0.39, 0.29) is 5.69 Å². The van der Waals surface area contributed by atoms with Gasteiger partial charge in [0.2, 0.25) is 5.15 Å². The highest BCUT2D eigenvalue weighted by Crippen LogP contribution is 2.33. The van der Waals surface area contributed by atoms with Crippen LogP contribution in [0.25, 0.3) is 0 Å². The molecule has 0 aliphatic rings. The SMILES string of the molecule is N#Cc1cc(C(F)F)c([N+](=O)[O-])c(Cl)n1. The molecule has 1 rings (SSSR count). The molecule has 0 atom stereocenters. The number of nitrogens with zero attached hydrogens (tertiary/aromatic N) is 3. The molecule has 0 aromatic carbocycles. The van der Waals surface area contributed by atoms with Crippen LogP contribution < -0.4 is 0 Å². The Morgan fingerprint density at radius 2 is 2.27 bits per heavy atom. The van der Waals surface area contributed by atoms with Crippen molar-refractivity contribution in [1.29, 1.82) is 5.26 Å². The van der Waals surface area contributed by atoms with E-state index >= 15 is 0 Å². The van der Waals surface area contributed by atoms with Gasteiger partial charge in [-0.05, 0) is 6.07 Å². The van der Waals surface area contributed by atoms with E-state index in [1.165, 1.54) is 6.07 Å². The molecule has 0 spiro atoms. The summed E-state index contributed by atoms with van der Waals surface area (Å²) < 4.78 is 24.8. The monoisotopic (exact) mass is 233 g/mol. The predicted octanol–water partition coefficient (Wildman–Crippen LogP) is 2.45. The maximum atomic E-state index is 12.4. The van der Waals surface area contributed by atoms with E-state index in [9.17, 15) is 18.9 Å². The Hall–Kier alpha value is -1.81. The maximum absolute atomic E-state index is 12.4. The van der Waals surface area contributed by atoms with Crippen LogP contribution in [0.3, 0.4) is 0 Å². The van der Waals surface area contributed by atoms with Crippen LogP contribution >= 0.6 is 11.6 Å². The molecule has 0 saturated carbocycles. The summed E-state index contributed by atoms with van der Waals surface area (Å²) in [5.41, 5.74) is -2.26. The smallest absolute Gasteiger partial charge is 0.258 e. The second-order valence-corrected chi connectivity index (χ2v) is 2.76. The molecule has 0 amide bonds. The van der Waals surface area contributed by atoms with Gasteiger partial charge in [0.25, 0.3) is 6.43 Å². The second-order valence-electron chi connectivity index (χ2n) is 2.41. The van der Waals surface area contributed by atoms with Gasteiger partial charge < -0.3 is 0 Å². The zero-order valence-corrected chi connectivity index (χ0v) is 7.70. The van der Waals surface area contributed by atoms with Gasteiger partial charge in [-0.3, -0.25) is 10.1 Å². The molecule has 1 aromatic rings. The van der Waals surface area contributed by atoms with Gasteiger partial charge in [-0.25, -0.2) is 13.8 Å². The molecule has 1 heterocycles. The lowest BCUT2D eigenvalue weighted by molar-refractivity contribution is -0.386. The van der Waals surface area contributed by atoms with Gasteiger partial charge in [0.05, 0.1) is 4.92 Å². The molecule has 0 aliphatic carbocycles. The third-order valence-electron chi connectivity index (χ3n) is 1.51. The molecule has 0 radical (unpaired) electrons. The van der Waals surface area contributed by atoms with Crippen LogP contribution in [0.2, 0.25) is 5.15 Å². The number of halogens is 3. The van der Waals surface area contributed by atoms with Crippen molar-refractivity contribution in [2.75, 3.05) is 0 Å². The van der Waals surface area contributed by atoms with E-state index in [0.717, 1.165) is 0 Å².